The van der Waals surface area contributed by atoms with Gasteiger partial charge in [-0.2, -0.15) is 0 Å². The van der Waals surface area contributed by atoms with Crippen molar-refractivity contribution in [1.29, 1.82) is 0 Å². The number of H-pyrrole nitrogens is 1. The molecule has 2 N–H and O–H groups in total. The Morgan fingerprint density at radius 3 is 2.83 bits per heavy atom. The summed E-state index contributed by atoms with van der Waals surface area (Å²) in [7, 11) is 0. The summed E-state index contributed by atoms with van der Waals surface area (Å²) in [5.41, 5.74) is 3.89. The molecule has 0 spiro atoms. The van der Waals surface area contributed by atoms with Crippen LogP contribution >= 0.6 is 11.8 Å². The van der Waals surface area contributed by atoms with Crippen LogP contribution in [0.15, 0.2) is 47.9 Å². The van der Waals surface area contributed by atoms with Crippen LogP contribution in [0.5, 0.6) is 0 Å². The number of aromatic amines is 1. The molecule has 0 aliphatic rings. The van der Waals surface area contributed by atoms with Gasteiger partial charge in [-0.3, -0.25) is 4.79 Å². The molecule has 0 aliphatic carbocycles. The predicted octanol–water partition coefficient (Wildman–Crippen LogP) is 3.63. The molecule has 0 fully saturated rings. The van der Waals surface area contributed by atoms with E-state index in [1.165, 1.54) is 11.8 Å². The highest BCUT2D eigenvalue weighted by atomic mass is 32.2. The first-order chi connectivity index (χ1) is 11.7. The predicted molar refractivity (Wildman–Crippen MR) is 97.9 cm³/mol. The number of nitrogens with one attached hydrogen (secondary N) is 2. The highest BCUT2D eigenvalue weighted by molar-refractivity contribution is 8.00. The minimum Gasteiger partial charge on any atom is -0.357 e. The first-order valence-corrected chi connectivity index (χ1v) is 8.97. The lowest BCUT2D eigenvalue weighted by molar-refractivity contribution is -0.119. The standard InChI is InChI=1S/C18H20N4OS/c1-3-12(2)22-15(23)10-24-18-17-16(20-11-21-18)14(9-19-17)13-7-5-4-6-8-13/h4-9,11-12,19H,3,10H2,1-2H3,(H,22,23). The maximum atomic E-state index is 12.0. The molecule has 1 unspecified atom stereocenters. The van der Waals surface area contributed by atoms with Gasteiger partial charge in [0, 0.05) is 17.8 Å². The van der Waals surface area contributed by atoms with Crippen molar-refractivity contribution in [2.24, 2.45) is 0 Å². The van der Waals surface area contributed by atoms with Gasteiger partial charge in [-0.25, -0.2) is 9.97 Å². The number of thioether (sulfide) groups is 1. The Balaban J connectivity index is 1.81. The molecule has 2 aromatic heterocycles. The number of aromatic nitrogens is 3. The van der Waals surface area contributed by atoms with Crippen LogP contribution in [0.2, 0.25) is 0 Å². The molecular formula is C18H20N4OS. The average molecular weight is 340 g/mol. The summed E-state index contributed by atoms with van der Waals surface area (Å²) in [5.74, 6) is 0.367. The summed E-state index contributed by atoms with van der Waals surface area (Å²) in [6, 6.07) is 10.3. The molecule has 0 saturated heterocycles. The summed E-state index contributed by atoms with van der Waals surface area (Å²) >= 11 is 1.42. The molecule has 24 heavy (non-hydrogen) atoms. The van der Waals surface area contributed by atoms with Crippen molar-refractivity contribution in [3.63, 3.8) is 0 Å². The molecule has 6 heteroatoms. The van der Waals surface area contributed by atoms with Crippen LogP contribution in [-0.2, 0) is 4.79 Å². The second-order valence-corrected chi connectivity index (χ2v) is 6.60. The van der Waals surface area contributed by atoms with Gasteiger partial charge in [0.2, 0.25) is 5.91 Å². The van der Waals surface area contributed by atoms with Gasteiger partial charge in [0.25, 0.3) is 0 Å². The van der Waals surface area contributed by atoms with Gasteiger partial charge in [0.15, 0.2) is 0 Å². The fraction of sp³-hybridized carbons (Fsp3) is 0.278. The van der Waals surface area contributed by atoms with E-state index in [-0.39, 0.29) is 11.9 Å². The molecule has 3 aromatic rings. The van der Waals surface area contributed by atoms with Crippen molar-refractivity contribution in [2.75, 3.05) is 5.75 Å². The summed E-state index contributed by atoms with van der Waals surface area (Å²) in [6.45, 7) is 4.05. The van der Waals surface area contributed by atoms with Crippen molar-refractivity contribution in [2.45, 2.75) is 31.3 Å². The molecular weight excluding hydrogens is 320 g/mol. The van der Waals surface area contributed by atoms with Gasteiger partial charge in [-0.1, -0.05) is 49.0 Å². The van der Waals surface area contributed by atoms with Gasteiger partial charge >= 0.3 is 0 Å². The van der Waals surface area contributed by atoms with E-state index in [1.54, 1.807) is 6.33 Å². The maximum Gasteiger partial charge on any atom is 0.230 e. The monoisotopic (exact) mass is 340 g/mol. The zero-order valence-corrected chi connectivity index (χ0v) is 14.6. The Hall–Kier alpha value is -2.34. The molecule has 0 aliphatic heterocycles. The number of carbonyl (C=O) groups is 1. The fourth-order valence-electron chi connectivity index (χ4n) is 2.42. The second-order valence-electron chi connectivity index (χ2n) is 5.64. The van der Waals surface area contributed by atoms with E-state index in [0.717, 1.165) is 33.6 Å². The summed E-state index contributed by atoms with van der Waals surface area (Å²) in [6.07, 6.45) is 4.42. The van der Waals surface area contributed by atoms with Gasteiger partial charge in [-0.05, 0) is 18.9 Å². The van der Waals surface area contributed by atoms with Crippen molar-refractivity contribution >= 4 is 28.7 Å². The number of rotatable bonds is 6. The molecule has 3 rings (SSSR count). The van der Waals surface area contributed by atoms with E-state index in [4.69, 9.17) is 0 Å². The summed E-state index contributed by atoms with van der Waals surface area (Å²) < 4.78 is 0. The van der Waals surface area contributed by atoms with Crippen molar-refractivity contribution in [3.05, 3.63) is 42.9 Å². The Morgan fingerprint density at radius 2 is 2.08 bits per heavy atom. The van der Waals surface area contributed by atoms with E-state index in [0.29, 0.717) is 5.75 Å². The molecule has 0 radical (unpaired) electrons. The Bertz CT molecular complexity index is 831. The van der Waals surface area contributed by atoms with Gasteiger partial charge in [0.05, 0.1) is 11.3 Å². The van der Waals surface area contributed by atoms with E-state index in [9.17, 15) is 4.79 Å². The highest BCUT2D eigenvalue weighted by Gasteiger charge is 2.13. The number of carbonyl (C=O) groups excluding carboxylic acids is 1. The van der Waals surface area contributed by atoms with Crippen molar-refractivity contribution < 1.29 is 4.79 Å². The van der Waals surface area contributed by atoms with Gasteiger partial charge in [-0.15, -0.1) is 0 Å². The Kier molecular flexibility index (Phi) is 5.15. The Labute approximate surface area is 145 Å². The van der Waals surface area contributed by atoms with Crippen LogP contribution < -0.4 is 5.32 Å². The van der Waals surface area contributed by atoms with E-state index in [2.05, 4.69) is 39.3 Å². The lowest BCUT2D eigenvalue weighted by Gasteiger charge is -2.10. The fourth-order valence-corrected chi connectivity index (χ4v) is 3.19. The van der Waals surface area contributed by atoms with E-state index in [1.807, 2.05) is 31.3 Å². The third kappa shape index (κ3) is 3.59. The molecule has 5 nitrogen and oxygen atoms in total. The number of nitrogens with zero attached hydrogens (tertiary/aromatic N) is 2. The van der Waals surface area contributed by atoms with Crippen LogP contribution in [0.25, 0.3) is 22.2 Å². The largest absolute Gasteiger partial charge is 0.357 e. The number of amides is 1. The smallest absolute Gasteiger partial charge is 0.230 e. The molecule has 0 saturated carbocycles. The van der Waals surface area contributed by atoms with Crippen LogP contribution in [0.4, 0.5) is 0 Å². The highest BCUT2D eigenvalue weighted by Crippen LogP contribution is 2.31. The normalized spacial score (nSPS) is 12.2. The SMILES string of the molecule is CCC(C)NC(=O)CSc1ncnc2c(-c3ccccc3)c[nH]c12. The number of hydrogen-bond acceptors (Lipinski definition) is 4. The quantitative estimate of drug-likeness (QED) is 0.531. The van der Waals surface area contributed by atoms with Gasteiger partial charge < -0.3 is 10.3 Å². The van der Waals surface area contributed by atoms with Crippen LogP contribution in [0, 0.1) is 0 Å². The van der Waals surface area contributed by atoms with Crippen LogP contribution in [0.3, 0.4) is 0 Å². The first kappa shape index (κ1) is 16.5. The molecule has 1 amide bonds. The van der Waals surface area contributed by atoms with E-state index < -0.39 is 0 Å². The molecule has 0 bridgehead atoms. The van der Waals surface area contributed by atoms with Crippen molar-refractivity contribution in [1.82, 2.24) is 20.3 Å². The minimum atomic E-state index is 0.0240. The van der Waals surface area contributed by atoms with Gasteiger partial charge in [0.1, 0.15) is 16.9 Å². The van der Waals surface area contributed by atoms with Crippen LogP contribution in [0.1, 0.15) is 20.3 Å². The third-order valence-corrected chi connectivity index (χ3v) is 4.86. The lowest BCUT2D eigenvalue weighted by Crippen LogP contribution is -2.33. The minimum absolute atomic E-state index is 0.0240. The molecule has 1 atom stereocenters. The lowest BCUT2D eigenvalue weighted by atomic mass is 10.1. The molecule has 1 aromatic carbocycles. The number of benzene rings is 1. The number of hydrogen-bond donors (Lipinski definition) is 2. The maximum absolute atomic E-state index is 12.0. The van der Waals surface area contributed by atoms with Crippen LogP contribution in [-0.4, -0.2) is 32.7 Å². The average Bonchev–Trinajstić information content (AvgIpc) is 3.05. The summed E-state index contributed by atoms with van der Waals surface area (Å²) in [4.78, 5) is 24.0. The second kappa shape index (κ2) is 7.49. The van der Waals surface area contributed by atoms with E-state index >= 15 is 0 Å². The first-order valence-electron chi connectivity index (χ1n) is 7.98. The molecule has 124 valence electrons. The van der Waals surface area contributed by atoms with Crippen molar-refractivity contribution in [3.8, 4) is 11.1 Å². The Morgan fingerprint density at radius 1 is 1.29 bits per heavy atom. The zero-order valence-electron chi connectivity index (χ0n) is 13.7. The third-order valence-electron chi connectivity index (χ3n) is 3.87. The summed E-state index contributed by atoms with van der Waals surface area (Å²) in [5, 5.41) is 3.76. The topological polar surface area (TPSA) is 70.7 Å². The number of fused-ring (bicyclic) bond motifs is 1. The molecule has 2 heterocycles. The zero-order chi connectivity index (χ0) is 16.9.